The summed E-state index contributed by atoms with van der Waals surface area (Å²) < 4.78 is 9.60. The summed E-state index contributed by atoms with van der Waals surface area (Å²) >= 11 is 2.35. The molecule has 0 aliphatic heterocycles. The quantitative estimate of drug-likeness (QED) is 0.627. The van der Waals surface area contributed by atoms with Crippen LogP contribution in [0, 0.1) is 0 Å². The number of carbonyl (C=O) groups excluding carboxylic acids is 2. The van der Waals surface area contributed by atoms with E-state index in [2.05, 4.69) is 9.97 Å². The number of ether oxygens (including phenoxy) is 2. The number of carbonyl (C=O) groups is 2. The lowest BCUT2D eigenvalue weighted by atomic mass is 10.5. The molecule has 2 aromatic heterocycles. The zero-order valence-corrected chi connectivity index (χ0v) is 10.4. The summed E-state index contributed by atoms with van der Waals surface area (Å²) in [6.07, 6.45) is 4.95. The van der Waals surface area contributed by atoms with Gasteiger partial charge in [-0.3, -0.25) is 0 Å². The maximum absolute atomic E-state index is 11.3. The fourth-order valence-electron chi connectivity index (χ4n) is 0.898. The molecule has 0 atom stereocenters. The Morgan fingerprint density at radius 3 is 1.72 bits per heavy atom. The third-order valence-electron chi connectivity index (χ3n) is 1.55. The van der Waals surface area contributed by atoms with Crippen molar-refractivity contribution in [3.63, 3.8) is 0 Å². The molecule has 0 amide bonds. The molecule has 8 heteroatoms. The molecule has 0 spiro atoms. The number of rotatable bonds is 4. The van der Waals surface area contributed by atoms with E-state index in [-0.39, 0.29) is 10.4 Å². The Balaban J connectivity index is 1.83. The molecular weight excluding hydrogens is 276 g/mol. The van der Waals surface area contributed by atoms with Crippen molar-refractivity contribution in [2.75, 3.05) is 0 Å². The molecule has 6 nitrogen and oxygen atoms in total. The van der Waals surface area contributed by atoms with Crippen LogP contribution in [0.3, 0.4) is 0 Å². The Kier molecular flexibility index (Phi) is 4.15. The molecular formula is C10H6N2O4S2. The highest BCUT2D eigenvalue weighted by Crippen LogP contribution is 2.14. The van der Waals surface area contributed by atoms with Gasteiger partial charge in [-0.25, -0.2) is 19.6 Å². The molecule has 18 heavy (non-hydrogen) atoms. The van der Waals surface area contributed by atoms with Crippen LogP contribution in [0.1, 0.15) is 0 Å². The van der Waals surface area contributed by atoms with Crippen molar-refractivity contribution < 1.29 is 19.1 Å². The number of nitrogens with zero attached hydrogens (tertiary/aromatic N) is 2. The SMILES string of the molecule is O=C(/C=C\C(=O)Oc1nccs1)Oc1nccs1. The summed E-state index contributed by atoms with van der Waals surface area (Å²) in [4.78, 5) is 30.0. The summed E-state index contributed by atoms with van der Waals surface area (Å²) in [7, 11) is 0. The normalized spacial score (nSPS) is 10.4. The highest BCUT2D eigenvalue weighted by atomic mass is 32.1. The molecule has 0 aliphatic carbocycles. The van der Waals surface area contributed by atoms with Crippen LogP contribution < -0.4 is 9.47 Å². The first-order valence-electron chi connectivity index (χ1n) is 4.65. The van der Waals surface area contributed by atoms with Gasteiger partial charge < -0.3 is 9.47 Å². The van der Waals surface area contributed by atoms with Gasteiger partial charge in [-0.05, 0) is 0 Å². The van der Waals surface area contributed by atoms with E-state index in [4.69, 9.17) is 9.47 Å². The van der Waals surface area contributed by atoms with Crippen LogP contribution in [-0.2, 0) is 9.59 Å². The van der Waals surface area contributed by atoms with E-state index in [0.717, 1.165) is 12.2 Å². The van der Waals surface area contributed by atoms with Crippen molar-refractivity contribution in [1.29, 1.82) is 0 Å². The molecule has 92 valence electrons. The maximum atomic E-state index is 11.3. The third kappa shape index (κ3) is 3.75. The van der Waals surface area contributed by atoms with Crippen molar-refractivity contribution in [1.82, 2.24) is 9.97 Å². The van der Waals surface area contributed by atoms with Crippen LogP contribution in [0.15, 0.2) is 35.3 Å². The van der Waals surface area contributed by atoms with E-state index in [0.29, 0.717) is 0 Å². The fourth-order valence-corrected chi connectivity index (χ4v) is 1.88. The standard InChI is InChI=1S/C10H6N2O4S2/c13-7(15-9-11-3-5-17-9)1-2-8(14)16-10-12-4-6-18-10/h1-6H/b2-1-. The average Bonchev–Trinajstić information content (AvgIpc) is 2.99. The van der Waals surface area contributed by atoms with Crippen molar-refractivity contribution in [3.8, 4) is 10.4 Å². The molecule has 0 radical (unpaired) electrons. The Morgan fingerprint density at radius 2 is 1.39 bits per heavy atom. The number of aromatic nitrogens is 2. The highest BCUT2D eigenvalue weighted by molar-refractivity contribution is 7.11. The monoisotopic (exact) mass is 282 g/mol. The van der Waals surface area contributed by atoms with Crippen LogP contribution in [0.4, 0.5) is 0 Å². The average molecular weight is 282 g/mol. The van der Waals surface area contributed by atoms with Gasteiger partial charge in [0.25, 0.3) is 10.4 Å². The van der Waals surface area contributed by atoms with E-state index in [1.807, 2.05) is 0 Å². The van der Waals surface area contributed by atoms with Gasteiger partial charge in [0.2, 0.25) is 0 Å². The second-order valence-corrected chi connectivity index (χ2v) is 4.49. The van der Waals surface area contributed by atoms with E-state index >= 15 is 0 Å². The number of esters is 2. The van der Waals surface area contributed by atoms with Gasteiger partial charge in [0.1, 0.15) is 0 Å². The first-order chi connectivity index (χ1) is 8.74. The van der Waals surface area contributed by atoms with Gasteiger partial charge in [-0.15, -0.1) is 0 Å². The lowest BCUT2D eigenvalue weighted by molar-refractivity contribution is -0.131. The van der Waals surface area contributed by atoms with E-state index in [9.17, 15) is 9.59 Å². The molecule has 0 saturated carbocycles. The zero-order valence-electron chi connectivity index (χ0n) is 8.81. The van der Waals surface area contributed by atoms with Crippen molar-refractivity contribution in [3.05, 3.63) is 35.3 Å². The summed E-state index contributed by atoms with van der Waals surface area (Å²) in [6.45, 7) is 0. The summed E-state index contributed by atoms with van der Waals surface area (Å²) in [5.74, 6) is -1.39. The largest absolute Gasteiger partial charge is 0.395 e. The minimum Gasteiger partial charge on any atom is -0.395 e. The summed E-state index contributed by atoms with van der Waals surface area (Å²) in [5.41, 5.74) is 0. The number of hydrogen-bond acceptors (Lipinski definition) is 8. The first-order valence-corrected chi connectivity index (χ1v) is 6.40. The predicted octanol–water partition coefficient (Wildman–Crippen LogP) is 1.67. The van der Waals surface area contributed by atoms with Crippen LogP contribution in [0.25, 0.3) is 0 Å². The van der Waals surface area contributed by atoms with Gasteiger partial charge in [0.05, 0.1) is 0 Å². The summed E-state index contributed by atoms with van der Waals surface area (Å²) in [6, 6.07) is 0. The molecule has 0 fully saturated rings. The topological polar surface area (TPSA) is 78.4 Å². The smallest absolute Gasteiger partial charge is 0.338 e. The third-order valence-corrected chi connectivity index (χ3v) is 2.85. The fraction of sp³-hybridized carbons (Fsp3) is 0. The van der Waals surface area contributed by atoms with E-state index in [1.165, 1.54) is 35.1 Å². The Bertz CT molecular complexity index is 498. The molecule has 0 unspecified atom stereocenters. The van der Waals surface area contributed by atoms with Gasteiger partial charge >= 0.3 is 11.9 Å². The second kappa shape index (κ2) is 6.03. The minimum absolute atomic E-state index is 0.220. The molecule has 0 saturated heterocycles. The molecule has 2 aromatic rings. The lowest BCUT2D eigenvalue weighted by Gasteiger charge is -1.95. The van der Waals surface area contributed by atoms with Crippen molar-refractivity contribution in [2.24, 2.45) is 0 Å². The Morgan fingerprint density at radius 1 is 0.944 bits per heavy atom. The Labute approximate surface area is 110 Å². The van der Waals surface area contributed by atoms with Crippen molar-refractivity contribution >= 4 is 34.6 Å². The molecule has 0 aliphatic rings. The lowest BCUT2D eigenvalue weighted by Crippen LogP contribution is -2.08. The van der Waals surface area contributed by atoms with Gasteiger partial charge in [0, 0.05) is 35.3 Å². The molecule has 0 N–H and O–H groups in total. The molecule has 0 aromatic carbocycles. The molecule has 2 rings (SSSR count). The second-order valence-electron chi connectivity index (χ2n) is 2.77. The zero-order chi connectivity index (χ0) is 12.8. The van der Waals surface area contributed by atoms with Crippen LogP contribution in [-0.4, -0.2) is 21.9 Å². The van der Waals surface area contributed by atoms with Gasteiger partial charge in [-0.1, -0.05) is 22.7 Å². The minimum atomic E-state index is -0.693. The number of thiazole rings is 2. The number of hydrogen-bond donors (Lipinski definition) is 0. The predicted molar refractivity (Wildman–Crippen MR) is 64.6 cm³/mol. The van der Waals surface area contributed by atoms with Crippen LogP contribution in [0.5, 0.6) is 10.4 Å². The molecule has 0 bridgehead atoms. The summed E-state index contributed by atoms with van der Waals surface area (Å²) in [5, 5.41) is 3.78. The highest BCUT2D eigenvalue weighted by Gasteiger charge is 2.06. The molecule has 2 heterocycles. The van der Waals surface area contributed by atoms with E-state index in [1.54, 1.807) is 10.8 Å². The first kappa shape index (κ1) is 12.4. The van der Waals surface area contributed by atoms with Crippen LogP contribution in [0.2, 0.25) is 0 Å². The van der Waals surface area contributed by atoms with Crippen LogP contribution >= 0.6 is 22.7 Å². The van der Waals surface area contributed by atoms with Gasteiger partial charge in [0.15, 0.2) is 0 Å². The maximum Gasteiger partial charge on any atom is 0.338 e. The van der Waals surface area contributed by atoms with Gasteiger partial charge in [-0.2, -0.15) is 0 Å². The van der Waals surface area contributed by atoms with E-state index < -0.39 is 11.9 Å². The van der Waals surface area contributed by atoms with Crippen molar-refractivity contribution in [2.45, 2.75) is 0 Å². The Hall–Kier alpha value is -2.06.